The van der Waals surface area contributed by atoms with Gasteiger partial charge in [-0.1, -0.05) is 6.07 Å². The van der Waals surface area contributed by atoms with Crippen LogP contribution in [0.3, 0.4) is 0 Å². The van der Waals surface area contributed by atoms with Crippen molar-refractivity contribution >= 4 is 15.7 Å². The van der Waals surface area contributed by atoms with Gasteiger partial charge in [0, 0.05) is 37.3 Å². The fraction of sp³-hybridized carbons (Fsp3) is 0.125. The lowest BCUT2D eigenvalue weighted by atomic mass is 10.3. The minimum atomic E-state index is -3.78. The van der Waals surface area contributed by atoms with Crippen molar-refractivity contribution in [2.45, 2.75) is 18.4 Å². The summed E-state index contributed by atoms with van der Waals surface area (Å²) in [4.78, 5) is 18.4. The van der Waals surface area contributed by atoms with Gasteiger partial charge in [-0.25, -0.2) is 23.1 Å². The van der Waals surface area contributed by atoms with Crippen molar-refractivity contribution in [1.29, 1.82) is 0 Å². The van der Waals surface area contributed by atoms with Crippen molar-refractivity contribution in [3.8, 4) is 5.82 Å². The van der Waals surface area contributed by atoms with Crippen LogP contribution < -0.4 is 4.72 Å². The van der Waals surface area contributed by atoms with Crippen LogP contribution in [0, 0.1) is 17.0 Å². The van der Waals surface area contributed by atoms with Crippen LogP contribution in [0.4, 0.5) is 5.69 Å². The Hall–Kier alpha value is -3.11. The summed E-state index contributed by atoms with van der Waals surface area (Å²) in [6.07, 6.45) is 5.03. The molecule has 0 aliphatic rings. The second kappa shape index (κ2) is 7.02. The lowest BCUT2D eigenvalue weighted by molar-refractivity contribution is -0.384. The van der Waals surface area contributed by atoms with E-state index in [2.05, 4.69) is 14.7 Å². The largest absolute Gasteiger partial charge is 0.288 e. The van der Waals surface area contributed by atoms with Crippen LogP contribution in [0.5, 0.6) is 0 Å². The van der Waals surface area contributed by atoms with Gasteiger partial charge in [-0.15, -0.1) is 0 Å². The minimum Gasteiger partial charge on any atom is -0.288 e. The van der Waals surface area contributed by atoms with Crippen molar-refractivity contribution in [2.24, 2.45) is 0 Å². The number of benzene rings is 1. The molecule has 0 amide bonds. The molecule has 2 aromatic heterocycles. The van der Waals surface area contributed by atoms with E-state index >= 15 is 0 Å². The summed E-state index contributed by atoms with van der Waals surface area (Å²) in [6.45, 7) is 1.91. The van der Waals surface area contributed by atoms with Crippen LogP contribution in [-0.4, -0.2) is 27.9 Å². The number of rotatable bonds is 6. The lowest BCUT2D eigenvalue weighted by Gasteiger charge is -2.08. The number of hydrogen-bond donors (Lipinski definition) is 1. The molecule has 3 rings (SSSR count). The molecule has 1 N–H and O–H groups in total. The number of sulfonamides is 1. The summed E-state index contributed by atoms with van der Waals surface area (Å²) in [5, 5.41) is 10.6. The monoisotopic (exact) mass is 373 g/mol. The van der Waals surface area contributed by atoms with Crippen LogP contribution in [0.25, 0.3) is 5.82 Å². The quantitative estimate of drug-likeness (QED) is 0.521. The molecule has 2 heterocycles. The Bertz CT molecular complexity index is 1030. The zero-order chi connectivity index (χ0) is 18.7. The van der Waals surface area contributed by atoms with Gasteiger partial charge < -0.3 is 0 Å². The Labute approximate surface area is 149 Å². The molecule has 10 heteroatoms. The van der Waals surface area contributed by atoms with E-state index in [1.165, 1.54) is 12.1 Å². The molecule has 0 fully saturated rings. The van der Waals surface area contributed by atoms with Gasteiger partial charge in [0.05, 0.1) is 9.82 Å². The Balaban J connectivity index is 1.69. The summed E-state index contributed by atoms with van der Waals surface area (Å²) in [5.41, 5.74) is 0.510. The van der Waals surface area contributed by atoms with E-state index in [-0.39, 0.29) is 17.1 Å². The highest BCUT2D eigenvalue weighted by Gasteiger charge is 2.15. The Morgan fingerprint density at radius 2 is 1.88 bits per heavy atom. The van der Waals surface area contributed by atoms with Gasteiger partial charge in [0.2, 0.25) is 10.0 Å². The number of aryl methyl sites for hydroxylation is 1. The van der Waals surface area contributed by atoms with E-state index in [1.54, 1.807) is 30.7 Å². The third-order valence-electron chi connectivity index (χ3n) is 3.71. The smallest absolute Gasteiger partial charge is 0.269 e. The third kappa shape index (κ3) is 3.76. The predicted octanol–water partition coefficient (Wildman–Crippen LogP) is 1.96. The zero-order valence-corrected chi connectivity index (χ0v) is 14.5. The van der Waals surface area contributed by atoms with Crippen molar-refractivity contribution < 1.29 is 13.3 Å². The number of nitro benzene ring substituents is 1. The molecular weight excluding hydrogens is 358 g/mol. The fourth-order valence-corrected chi connectivity index (χ4v) is 3.31. The molecule has 1 aromatic carbocycles. The minimum absolute atomic E-state index is 0.0401. The average Bonchev–Trinajstić information content (AvgIpc) is 3.06. The summed E-state index contributed by atoms with van der Waals surface area (Å²) in [7, 11) is -3.78. The van der Waals surface area contributed by atoms with Gasteiger partial charge in [0.1, 0.15) is 11.6 Å². The second-order valence-electron chi connectivity index (χ2n) is 5.44. The number of imidazole rings is 1. The fourth-order valence-electron chi connectivity index (χ4n) is 2.29. The molecule has 0 spiro atoms. The number of nitrogens with one attached hydrogen (secondary N) is 1. The van der Waals surface area contributed by atoms with Gasteiger partial charge in [-0.2, -0.15) is 0 Å². The summed E-state index contributed by atoms with van der Waals surface area (Å²) < 4.78 is 28.8. The lowest BCUT2D eigenvalue weighted by Crippen LogP contribution is -2.23. The van der Waals surface area contributed by atoms with E-state index in [4.69, 9.17) is 0 Å². The first-order valence-corrected chi connectivity index (χ1v) is 9.04. The molecule has 134 valence electrons. The third-order valence-corrected chi connectivity index (χ3v) is 5.12. The molecule has 9 nitrogen and oxygen atoms in total. The number of pyridine rings is 1. The van der Waals surface area contributed by atoms with Crippen molar-refractivity contribution in [1.82, 2.24) is 19.3 Å². The van der Waals surface area contributed by atoms with Gasteiger partial charge in [0.15, 0.2) is 0 Å². The topological polar surface area (TPSA) is 120 Å². The maximum absolute atomic E-state index is 12.3. The molecule has 0 unspecified atom stereocenters. The predicted molar refractivity (Wildman–Crippen MR) is 93.2 cm³/mol. The number of aromatic nitrogens is 3. The molecule has 0 saturated heterocycles. The maximum atomic E-state index is 12.3. The number of non-ortho nitro benzene ring substituents is 1. The summed E-state index contributed by atoms with van der Waals surface area (Å²) in [6, 6.07) is 8.23. The highest BCUT2D eigenvalue weighted by atomic mass is 32.2. The molecule has 26 heavy (non-hydrogen) atoms. The highest BCUT2D eigenvalue weighted by molar-refractivity contribution is 7.89. The molecular formula is C16H15N5O4S. The SMILES string of the molecule is Cc1nccn1-c1ccc(CNS(=O)(=O)c2ccc([N+](=O)[O-])cc2)cn1. The molecule has 0 bridgehead atoms. The molecule has 0 atom stereocenters. The highest BCUT2D eigenvalue weighted by Crippen LogP contribution is 2.16. The molecule has 0 saturated carbocycles. The van der Waals surface area contributed by atoms with Gasteiger partial charge >= 0.3 is 0 Å². The first kappa shape index (κ1) is 17.7. The van der Waals surface area contributed by atoms with E-state index in [9.17, 15) is 18.5 Å². The van der Waals surface area contributed by atoms with Crippen molar-refractivity contribution in [3.05, 3.63) is 76.5 Å². The number of nitrogens with zero attached hydrogens (tertiary/aromatic N) is 4. The van der Waals surface area contributed by atoms with Crippen molar-refractivity contribution in [3.63, 3.8) is 0 Å². The van der Waals surface area contributed by atoms with Gasteiger partial charge in [-0.05, 0) is 30.7 Å². The first-order valence-electron chi connectivity index (χ1n) is 7.56. The van der Waals surface area contributed by atoms with Crippen LogP contribution >= 0.6 is 0 Å². The maximum Gasteiger partial charge on any atom is 0.269 e. The van der Waals surface area contributed by atoms with Gasteiger partial charge in [0.25, 0.3) is 5.69 Å². The molecule has 0 aliphatic heterocycles. The van der Waals surface area contributed by atoms with Crippen molar-refractivity contribution in [2.75, 3.05) is 0 Å². The van der Waals surface area contributed by atoms with Crippen LogP contribution in [0.15, 0.2) is 59.9 Å². The molecule has 3 aromatic rings. The zero-order valence-electron chi connectivity index (χ0n) is 13.7. The first-order chi connectivity index (χ1) is 12.4. The summed E-state index contributed by atoms with van der Waals surface area (Å²) in [5.74, 6) is 1.48. The van der Waals surface area contributed by atoms with Gasteiger partial charge in [-0.3, -0.25) is 14.7 Å². The summed E-state index contributed by atoms with van der Waals surface area (Å²) >= 11 is 0. The van der Waals surface area contributed by atoms with Crippen LogP contribution in [-0.2, 0) is 16.6 Å². The normalized spacial score (nSPS) is 11.4. The number of nitro groups is 1. The van der Waals surface area contributed by atoms with E-state index in [1.807, 2.05) is 11.5 Å². The molecule has 0 radical (unpaired) electrons. The van der Waals surface area contributed by atoms with E-state index in [0.717, 1.165) is 18.0 Å². The van der Waals surface area contributed by atoms with Crippen LogP contribution in [0.2, 0.25) is 0 Å². The number of hydrogen-bond acceptors (Lipinski definition) is 6. The molecule has 0 aliphatic carbocycles. The second-order valence-corrected chi connectivity index (χ2v) is 7.21. The Morgan fingerprint density at radius 1 is 1.15 bits per heavy atom. The van der Waals surface area contributed by atoms with Crippen LogP contribution in [0.1, 0.15) is 11.4 Å². The van der Waals surface area contributed by atoms with E-state index in [0.29, 0.717) is 11.4 Å². The van der Waals surface area contributed by atoms with E-state index < -0.39 is 14.9 Å². The average molecular weight is 373 g/mol. The Morgan fingerprint density at radius 3 is 2.42 bits per heavy atom. The Kier molecular flexibility index (Phi) is 4.78. The standard InChI is InChI=1S/C16H15N5O4S/c1-12-17-8-9-20(12)16-7-2-13(10-18-16)11-19-26(24,25)15-5-3-14(4-6-15)21(22)23/h2-10,19H,11H2,1H3.